The number of H-pyrrole nitrogens is 1. The van der Waals surface area contributed by atoms with E-state index in [0.717, 1.165) is 36.2 Å². The molecule has 146 valence electrons. The number of carbonyl (C=O) groups is 2. The molecule has 1 atom stereocenters. The van der Waals surface area contributed by atoms with Crippen LogP contribution in [0.2, 0.25) is 0 Å². The van der Waals surface area contributed by atoms with Gasteiger partial charge in [-0.15, -0.1) is 0 Å². The number of imidazole rings is 1. The molecule has 1 fully saturated rings. The third kappa shape index (κ3) is 4.08. The summed E-state index contributed by atoms with van der Waals surface area (Å²) in [5, 5.41) is 2.77. The summed E-state index contributed by atoms with van der Waals surface area (Å²) in [7, 11) is 0. The van der Waals surface area contributed by atoms with Crippen molar-refractivity contribution in [1.82, 2.24) is 20.2 Å². The molecule has 0 saturated carbocycles. The molecule has 3 heterocycles. The van der Waals surface area contributed by atoms with Crippen LogP contribution in [-0.2, 0) is 4.79 Å². The summed E-state index contributed by atoms with van der Waals surface area (Å²) in [5.74, 6) is 1.37. The number of rotatable bonds is 6. The van der Waals surface area contributed by atoms with Crippen molar-refractivity contribution in [2.75, 3.05) is 19.6 Å². The summed E-state index contributed by atoms with van der Waals surface area (Å²) < 4.78 is 5.05. The fraction of sp³-hybridized carbons (Fsp3) is 0.381. The van der Waals surface area contributed by atoms with Gasteiger partial charge in [0.25, 0.3) is 5.91 Å². The molecule has 3 aromatic rings. The number of amides is 2. The third-order valence-electron chi connectivity index (χ3n) is 5.17. The van der Waals surface area contributed by atoms with Gasteiger partial charge in [-0.1, -0.05) is 12.1 Å². The lowest BCUT2D eigenvalue weighted by molar-refractivity contribution is -0.132. The lowest BCUT2D eigenvalue weighted by Crippen LogP contribution is -2.39. The second-order valence-electron chi connectivity index (χ2n) is 7.15. The SMILES string of the molecule is O=C(NCCCC(=O)N1CCCC(c2nc3ccccc3[nH]2)C1)c1ccco1. The van der Waals surface area contributed by atoms with Crippen molar-refractivity contribution in [3.8, 4) is 0 Å². The minimum Gasteiger partial charge on any atom is -0.459 e. The number of nitrogens with zero attached hydrogens (tertiary/aromatic N) is 2. The molecule has 7 heteroatoms. The molecular formula is C21H24N4O3. The van der Waals surface area contributed by atoms with E-state index in [-0.39, 0.29) is 23.5 Å². The van der Waals surface area contributed by atoms with E-state index in [1.165, 1.54) is 6.26 Å². The maximum absolute atomic E-state index is 12.6. The first-order chi connectivity index (χ1) is 13.7. The monoisotopic (exact) mass is 380 g/mol. The van der Waals surface area contributed by atoms with Gasteiger partial charge in [-0.2, -0.15) is 0 Å². The Balaban J connectivity index is 1.26. The zero-order chi connectivity index (χ0) is 19.3. The summed E-state index contributed by atoms with van der Waals surface area (Å²) in [6, 6.07) is 11.3. The van der Waals surface area contributed by atoms with Crippen LogP contribution >= 0.6 is 0 Å². The van der Waals surface area contributed by atoms with Crippen molar-refractivity contribution in [3.63, 3.8) is 0 Å². The first-order valence-corrected chi connectivity index (χ1v) is 9.75. The molecule has 2 amide bonds. The molecule has 2 aromatic heterocycles. The van der Waals surface area contributed by atoms with Crippen LogP contribution in [0.25, 0.3) is 11.0 Å². The average molecular weight is 380 g/mol. The van der Waals surface area contributed by atoms with Gasteiger partial charge in [0.15, 0.2) is 5.76 Å². The molecule has 1 aliphatic heterocycles. The van der Waals surface area contributed by atoms with Gasteiger partial charge in [0.2, 0.25) is 5.91 Å². The molecule has 1 aliphatic rings. The number of hydrogen-bond acceptors (Lipinski definition) is 4. The Bertz CT molecular complexity index is 915. The van der Waals surface area contributed by atoms with Gasteiger partial charge in [-0.25, -0.2) is 4.98 Å². The van der Waals surface area contributed by atoms with Crippen LogP contribution in [0.15, 0.2) is 47.1 Å². The number of aromatic nitrogens is 2. The minimum absolute atomic E-state index is 0.132. The van der Waals surface area contributed by atoms with E-state index in [1.54, 1.807) is 12.1 Å². The Labute approximate surface area is 163 Å². The fourth-order valence-electron chi connectivity index (χ4n) is 3.69. The summed E-state index contributed by atoms with van der Waals surface area (Å²) in [5.41, 5.74) is 2.00. The van der Waals surface area contributed by atoms with Crippen LogP contribution in [0, 0.1) is 0 Å². The molecule has 0 radical (unpaired) electrons. The third-order valence-corrected chi connectivity index (χ3v) is 5.17. The van der Waals surface area contributed by atoms with Crippen LogP contribution in [0.4, 0.5) is 0 Å². The van der Waals surface area contributed by atoms with Gasteiger partial charge < -0.3 is 19.6 Å². The lowest BCUT2D eigenvalue weighted by atomic mass is 9.97. The number of fused-ring (bicyclic) bond motifs is 1. The molecule has 1 unspecified atom stereocenters. The standard InChI is InChI=1S/C21H24N4O3/c26-19(10-3-11-22-21(27)18-9-5-13-28-18)25-12-4-6-15(14-25)20-23-16-7-1-2-8-17(16)24-20/h1-2,5,7-9,13,15H,3-4,6,10-12,14H2,(H,22,27)(H,23,24). The summed E-state index contributed by atoms with van der Waals surface area (Å²) in [4.78, 5) is 34.4. The number of benzene rings is 1. The van der Waals surface area contributed by atoms with E-state index < -0.39 is 0 Å². The smallest absolute Gasteiger partial charge is 0.286 e. The molecular weight excluding hydrogens is 356 g/mol. The van der Waals surface area contributed by atoms with E-state index in [4.69, 9.17) is 9.40 Å². The molecule has 0 spiro atoms. The van der Waals surface area contributed by atoms with E-state index >= 15 is 0 Å². The molecule has 4 rings (SSSR count). The van der Waals surface area contributed by atoms with Crippen LogP contribution < -0.4 is 5.32 Å². The maximum Gasteiger partial charge on any atom is 0.286 e. The highest BCUT2D eigenvalue weighted by Crippen LogP contribution is 2.27. The largest absolute Gasteiger partial charge is 0.459 e. The van der Waals surface area contributed by atoms with Crippen LogP contribution in [0.1, 0.15) is 48.0 Å². The van der Waals surface area contributed by atoms with Crippen molar-refractivity contribution in [1.29, 1.82) is 0 Å². The van der Waals surface area contributed by atoms with E-state index in [0.29, 0.717) is 25.9 Å². The minimum atomic E-state index is -0.250. The highest BCUT2D eigenvalue weighted by molar-refractivity contribution is 5.91. The zero-order valence-electron chi connectivity index (χ0n) is 15.7. The fourth-order valence-corrected chi connectivity index (χ4v) is 3.69. The van der Waals surface area contributed by atoms with Crippen LogP contribution in [-0.4, -0.2) is 46.3 Å². The molecule has 0 aliphatic carbocycles. The predicted octanol–water partition coefficient (Wildman–Crippen LogP) is 3.07. The van der Waals surface area contributed by atoms with Gasteiger partial charge in [0, 0.05) is 32.0 Å². The van der Waals surface area contributed by atoms with Gasteiger partial charge >= 0.3 is 0 Å². The predicted molar refractivity (Wildman–Crippen MR) is 105 cm³/mol. The molecule has 28 heavy (non-hydrogen) atoms. The van der Waals surface area contributed by atoms with Crippen molar-refractivity contribution in [2.45, 2.75) is 31.6 Å². The number of hydrogen-bond donors (Lipinski definition) is 2. The van der Waals surface area contributed by atoms with Crippen LogP contribution in [0.5, 0.6) is 0 Å². The highest BCUT2D eigenvalue weighted by atomic mass is 16.3. The number of piperidine rings is 1. The summed E-state index contributed by atoms with van der Waals surface area (Å²) >= 11 is 0. The van der Waals surface area contributed by atoms with Gasteiger partial charge in [-0.3, -0.25) is 9.59 Å². The second-order valence-corrected chi connectivity index (χ2v) is 7.15. The molecule has 1 aromatic carbocycles. The van der Waals surface area contributed by atoms with E-state index in [2.05, 4.69) is 10.3 Å². The van der Waals surface area contributed by atoms with E-state index in [1.807, 2.05) is 29.2 Å². The number of nitrogens with one attached hydrogen (secondary N) is 2. The molecule has 0 bridgehead atoms. The second kappa shape index (κ2) is 8.29. The van der Waals surface area contributed by atoms with Crippen molar-refractivity contribution in [2.24, 2.45) is 0 Å². The lowest BCUT2D eigenvalue weighted by Gasteiger charge is -2.32. The van der Waals surface area contributed by atoms with Crippen molar-refractivity contribution in [3.05, 3.63) is 54.2 Å². The Morgan fingerprint density at radius 3 is 2.96 bits per heavy atom. The topological polar surface area (TPSA) is 91.2 Å². The number of aromatic amines is 1. The Hall–Kier alpha value is -3.09. The number of carbonyl (C=O) groups excluding carboxylic acids is 2. The quantitative estimate of drug-likeness (QED) is 0.643. The first-order valence-electron chi connectivity index (χ1n) is 9.75. The van der Waals surface area contributed by atoms with Gasteiger partial charge in [0.1, 0.15) is 5.82 Å². The maximum atomic E-state index is 12.6. The number of likely N-dealkylation sites (tertiary alicyclic amines) is 1. The van der Waals surface area contributed by atoms with E-state index in [9.17, 15) is 9.59 Å². The number of para-hydroxylation sites is 2. The van der Waals surface area contributed by atoms with Crippen molar-refractivity contribution < 1.29 is 14.0 Å². The Kier molecular flexibility index (Phi) is 5.41. The summed E-state index contributed by atoms with van der Waals surface area (Å²) in [6.07, 6.45) is 4.50. The molecule has 2 N–H and O–H groups in total. The molecule has 7 nitrogen and oxygen atoms in total. The first kappa shape index (κ1) is 18.3. The Morgan fingerprint density at radius 1 is 1.25 bits per heavy atom. The average Bonchev–Trinajstić information content (AvgIpc) is 3.41. The molecule has 1 saturated heterocycles. The van der Waals surface area contributed by atoms with Gasteiger partial charge in [-0.05, 0) is 43.5 Å². The normalized spacial score (nSPS) is 17.0. The highest BCUT2D eigenvalue weighted by Gasteiger charge is 2.26. The van der Waals surface area contributed by atoms with Crippen LogP contribution in [0.3, 0.4) is 0 Å². The summed E-state index contributed by atoms with van der Waals surface area (Å²) in [6.45, 7) is 1.93. The van der Waals surface area contributed by atoms with Gasteiger partial charge in [0.05, 0.1) is 17.3 Å². The number of furan rings is 1. The van der Waals surface area contributed by atoms with Crippen molar-refractivity contribution >= 4 is 22.8 Å². The Morgan fingerprint density at radius 2 is 2.14 bits per heavy atom. The zero-order valence-corrected chi connectivity index (χ0v) is 15.7.